The Bertz CT molecular complexity index is 1720. The van der Waals surface area contributed by atoms with Crippen LogP contribution in [-0.4, -0.2) is 47.8 Å². The van der Waals surface area contributed by atoms with E-state index in [-0.39, 0.29) is 17.5 Å². The third kappa shape index (κ3) is 6.28. The molecular formula is C33H27ClN4O4S. The van der Waals surface area contributed by atoms with Gasteiger partial charge < -0.3 is 14.7 Å². The Kier molecular flexibility index (Phi) is 8.18. The van der Waals surface area contributed by atoms with Gasteiger partial charge in [-0.1, -0.05) is 59.8 Å². The number of para-hydroxylation sites is 1. The summed E-state index contributed by atoms with van der Waals surface area (Å²) in [5.74, 6) is -0.137. The number of thioether (sulfide) groups is 1. The summed E-state index contributed by atoms with van der Waals surface area (Å²) >= 11 is 7.64. The highest BCUT2D eigenvalue weighted by molar-refractivity contribution is 8.04. The van der Waals surface area contributed by atoms with Crippen molar-refractivity contribution < 1.29 is 14.5 Å². The van der Waals surface area contributed by atoms with Crippen LogP contribution in [0.1, 0.15) is 21.5 Å². The summed E-state index contributed by atoms with van der Waals surface area (Å²) in [6, 6.07) is 29.2. The number of carbonyl (C=O) groups is 2. The molecule has 0 spiro atoms. The van der Waals surface area contributed by atoms with Crippen LogP contribution in [0.3, 0.4) is 0 Å². The smallest absolute Gasteiger partial charge is 0.269 e. The molecule has 0 aromatic heterocycles. The van der Waals surface area contributed by atoms with Crippen LogP contribution in [0.2, 0.25) is 5.02 Å². The Morgan fingerprint density at radius 3 is 2.33 bits per heavy atom. The van der Waals surface area contributed by atoms with Crippen molar-refractivity contribution >= 4 is 58.3 Å². The van der Waals surface area contributed by atoms with Gasteiger partial charge in [0.1, 0.15) is 0 Å². The molecule has 216 valence electrons. The largest absolute Gasteiger partial charge is 0.368 e. The molecule has 0 saturated carbocycles. The van der Waals surface area contributed by atoms with Gasteiger partial charge in [-0.15, -0.1) is 0 Å². The molecule has 0 atom stereocenters. The Morgan fingerprint density at radius 1 is 0.907 bits per heavy atom. The Balaban J connectivity index is 1.13. The molecule has 43 heavy (non-hydrogen) atoms. The summed E-state index contributed by atoms with van der Waals surface area (Å²) in [7, 11) is 0. The van der Waals surface area contributed by atoms with Crippen molar-refractivity contribution in [2.75, 3.05) is 36.0 Å². The predicted molar refractivity (Wildman–Crippen MR) is 171 cm³/mol. The zero-order valence-electron chi connectivity index (χ0n) is 23.1. The van der Waals surface area contributed by atoms with Crippen LogP contribution in [0.25, 0.3) is 6.08 Å². The minimum atomic E-state index is -0.412. The molecule has 0 unspecified atom stereocenters. The van der Waals surface area contributed by atoms with Crippen LogP contribution in [-0.2, 0) is 11.3 Å². The number of amides is 2. The van der Waals surface area contributed by atoms with E-state index in [9.17, 15) is 19.7 Å². The van der Waals surface area contributed by atoms with Gasteiger partial charge in [-0.3, -0.25) is 19.7 Å². The average molecular weight is 611 g/mol. The summed E-state index contributed by atoms with van der Waals surface area (Å²) in [4.78, 5) is 44.7. The quantitative estimate of drug-likeness (QED) is 0.134. The first-order chi connectivity index (χ1) is 20.9. The van der Waals surface area contributed by atoms with E-state index < -0.39 is 4.92 Å². The highest BCUT2D eigenvalue weighted by atomic mass is 35.5. The second-order valence-corrected chi connectivity index (χ2v) is 11.8. The van der Waals surface area contributed by atoms with Crippen molar-refractivity contribution in [2.24, 2.45) is 0 Å². The number of piperazine rings is 1. The van der Waals surface area contributed by atoms with Gasteiger partial charge in [-0.2, -0.15) is 0 Å². The van der Waals surface area contributed by atoms with Gasteiger partial charge in [0, 0.05) is 59.5 Å². The van der Waals surface area contributed by atoms with E-state index in [0.717, 1.165) is 27.4 Å². The third-order valence-electron chi connectivity index (χ3n) is 7.51. The predicted octanol–water partition coefficient (Wildman–Crippen LogP) is 6.89. The van der Waals surface area contributed by atoms with Crippen LogP contribution in [0.4, 0.5) is 17.1 Å². The summed E-state index contributed by atoms with van der Waals surface area (Å²) in [6.45, 7) is 2.78. The molecule has 0 bridgehead atoms. The summed E-state index contributed by atoms with van der Waals surface area (Å²) in [6.07, 6.45) is 1.87. The van der Waals surface area contributed by atoms with E-state index in [1.165, 1.54) is 23.9 Å². The van der Waals surface area contributed by atoms with E-state index in [2.05, 4.69) is 4.90 Å². The summed E-state index contributed by atoms with van der Waals surface area (Å²) in [5, 5.41) is 11.6. The van der Waals surface area contributed by atoms with Crippen molar-refractivity contribution in [1.29, 1.82) is 0 Å². The molecule has 1 saturated heterocycles. The molecule has 4 aromatic carbocycles. The number of anilines is 2. The van der Waals surface area contributed by atoms with Crippen molar-refractivity contribution in [3.63, 3.8) is 0 Å². The van der Waals surface area contributed by atoms with Gasteiger partial charge in [-0.05, 0) is 65.7 Å². The van der Waals surface area contributed by atoms with E-state index in [0.29, 0.717) is 48.2 Å². The fourth-order valence-corrected chi connectivity index (χ4v) is 6.52. The SMILES string of the molecule is O=C(c1ccc(/C=C2/Sc3ccccc3N(Cc3cccc(Cl)c3)C2=O)cc1)N1CCN(c2ccc([N+](=O)[O-])cc2)CC1. The maximum atomic E-state index is 13.6. The highest BCUT2D eigenvalue weighted by Crippen LogP contribution is 2.42. The number of carbonyl (C=O) groups excluding carboxylic acids is 2. The van der Waals surface area contributed by atoms with Crippen molar-refractivity contribution in [3.05, 3.63) is 134 Å². The molecule has 10 heteroatoms. The lowest BCUT2D eigenvalue weighted by molar-refractivity contribution is -0.384. The molecule has 0 radical (unpaired) electrons. The molecule has 2 aliphatic heterocycles. The number of hydrogen-bond acceptors (Lipinski definition) is 6. The Hall–Kier alpha value is -4.60. The molecule has 2 amide bonds. The van der Waals surface area contributed by atoms with E-state index in [1.807, 2.05) is 71.6 Å². The fraction of sp³-hybridized carbons (Fsp3) is 0.152. The first-order valence-corrected chi connectivity index (χ1v) is 15.0. The minimum absolute atomic E-state index is 0.0488. The van der Waals surface area contributed by atoms with Gasteiger partial charge in [-0.25, -0.2) is 0 Å². The van der Waals surface area contributed by atoms with Crippen molar-refractivity contribution in [2.45, 2.75) is 11.4 Å². The van der Waals surface area contributed by atoms with E-state index in [4.69, 9.17) is 11.6 Å². The van der Waals surface area contributed by atoms with Crippen LogP contribution in [0.5, 0.6) is 0 Å². The lowest BCUT2D eigenvalue weighted by Crippen LogP contribution is -2.48. The summed E-state index contributed by atoms with van der Waals surface area (Å²) in [5.41, 5.74) is 4.18. The molecule has 2 heterocycles. The Morgan fingerprint density at radius 2 is 1.63 bits per heavy atom. The van der Waals surface area contributed by atoms with Gasteiger partial charge in [0.25, 0.3) is 17.5 Å². The van der Waals surface area contributed by atoms with Crippen LogP contribution in [0.15, 0.2) is 107 Å². The number of nitro benzene ring substituents is 1. The van der Waals surface area contributed by atoms with Gasteiger partial charge >= 0.3 is 0 Å². The number of nitrogens with zero attached hydrogens (tertiary/aromatic N) is 4. The monoisotopic (exact) mass is 610 g/mol. The second-order valence-electron chi connectivity index (χ2n) is 10.3. The number of rotatable bonds is 6. The number of fused-ring (bicyclic) bond motifs is 1. The lowest BCUT2D eigenvalue weighted by Gasteiger charge is -2.36. The van der Waals surface area contributed by atoms with Crippen molar-refractivity contribution in [3.8, 4) is 0 Å². The lowest BCUT2D eigenvalue weighted by atomic mass is 10.1. The van der Waals surface area contributed by atoms with E-state index >= 15 is 0 Å². The van der Waals surface area contributed by atoms with E-state index in [1.54, 1.807) is 29.2 Å². The second kappa shape index (κ2) is 12.3. The zero-order chi connectivity index (χ0) is 29.9. The number of hydrogen-bond donors (Lipinski definition) is 0. The number of halogens is 1. The molecule has 0 aliphatic carbocycles. The van der Waals surface area contributed by atoms with Crippen molar-refractivity contribution in [1.82, 2.24) is 4.90 Å². The Labute approximate surface area is 258 Å². The third-order valence-corrected chi connectivity index (χ3v) is 8.82. The average Bonchev–Trinajstić information content (AvgIpc) is 3.03. The first-order valence-electron chi connectivity index (χ1n) is 13.8. The molecule has 2 aliphatic rings. The van der Waals surface area contributed by atoms with Gasteiger partial charge in [0.05, 0.1) is 22.1 Å². The van der Waals surface area contributed by atoms with Gasteiger partial charge in [0.2, 0.25) is 0 Å². The van der Waals surface area contributed by atoms with Crippen LogP contribution >= 0.6 is 23.4 Å². The molecule has 1 fully saturated rings. The van der Waals surface area contributed by atoms with Crippen LogP contribution < -0.4 is 9.80 Å². The molecule has 0 N–H and O–H groups in total. The maximum absolute atomic E-state index is 13.6. The van der Waals surface area contributed by atoms with Gasteiger partial charge in [0.15, 0.2) is 0 Å². The normalized spacial score (nSPS) is 15.9. The molecule has 6 rings (SSSR count). The number of nitro groups is 1. The topological polar surface area (TPSA) is 87.0 Å². The standard InChI is InChI=1S/C33H27ClN4O4S/c34-26-5-3-4-24(20-26)22-37-29-6-1-2-7-30(29)43-31(33(37)40)21-23-8-10-25(11-9-23)32(39)36-18-16-35(17-19-36)27-12-14-28(15-13-27)38(41)42/h1-15,20-21H,16-19,22H2/b31-21+. The zero-order valence-corrected chi connectivity index (χ0v) is 24.6. The van der Waals surface area contributed by atoms with Crippen LogP contribution in [0, 0.1) is 10.1 Å². The minimum Gasteiger partial charge on any atom is -0.368 e. The summed E-state index contributed by atoms with van der Waals surface area (Å²) < 4.78 is 0. The first kappa shape index (κ1) is 28.5. The molecular weight excluding hydrogens is 584 g/mol. The fourth-order valence-electron chi connectivity index (χ4n) is 5.25. The highest BCUT2D eigenvalue weighted by Gasteiger charge is 2.29. The molecule has 4 aromatic rings. The number of benzene rings is 4. The maximum Gasteiger partial charge on any atom is 0.269 e. The molecule has 8 nitrogen and oxygen atoms in total. The number of non-ortho nitro benzene ring substituents is 1.